The third-order valence-electron chi connectivity index (χ3n) is 4.09. The second-order valence-electron chi connectivity index (χ2n) is 5.62. The van der Waals surface area contributed by atoms with Crippen LogP contribution in [0.2, 0.25) is 0 Å². The normalized spacial score (nSPS) is 19.1. The van der Waals surface area contributed by atoms with Crippen molar-refractivity contribution < 1.29 is 9.26 Å². The summed E-state index contributed by atoms with van der Waals surface area (Å²) in [4.78, 5) is 4.32. The lowest BCUT2D eigenvalue weighted by atomic mass is 10.1. The zero-order valence-corrected chi connectivity index (χ0v) is 14.0. The number of nitrogen functional groups attached to an aromatic ring is 1. The van der Waals surface area contributed by atoms with Crippen molar-refractivity contribution >= 4 is 32.7 Å². The number of hydrogen-bond donors (Lipinski definition) is 1. The van der Waals surface area contributed by atoms with Crippen molar-refractivity contribution in [2.75, 3.05) is 12.3 Å². The molecule has 1 saturated heterocycles. The lowest BCUT2D eigenvalue weighted by molar-refractivity contribution is -0.00165. The smallest absolute Gasteiger partial charge is 0.181 e. The third kappa shape index (κ3) is 2.61. The van der Waals surface area contributed by atoms with Crippen LogP contribution in [0.5, 0.6) is 0 Å². The largest absolute Gasteiger partial charge is 0.380 e. The predicted octanol–water partition coefficient (Wildman–Crippen LogP) is 3.52. The van der Waals surface area contributed by atoms with Gasteiger partial charge in [0.1, 0.15) is 10.8 Å². The molecule has 1 aliphatic rings. The minimum Gasteiger partial charge on any atom is -0.380 e. The van der Waals surface area contributed by atoms with Gasteiger partial charge in [0.2, 0.25) is 0 Å². The maximum absolute atomic E-state index is 5.87. The molecule has 0 aromatic carbocycles. The van der Waals surface area contributed by atoms with Gasteiger partial charge < -0.3 is 15.0 Å². The number of aromatic nitrogens is 4. The molecule has 4 heterocycles. The molecule has 23 heavy (non-hydrogen) atoms. The molecule has 120 valence electrons. The van der Waals surface area contributed by atoms with E-state index in [0.29, 0.717) is 21.4 Å². The van der Waals surface area contributed by atoms with Crippen molar-refractivity contribution in [1.29, 1.82) is 0 Å². The Bertz CT molecular complexity index is 836. The summed E-state index contributed by atoms with van der Waals surface area (Å²) < 4.78 is 13.7. The first-order chi connectivity index (χ1) is 11.2. The van der Waals surface area contributed by atoms with Crippen molar-refractivity contribution in [3.63, 3.8) is 0 Å². The second-order valence-corrected chi connectivity index (χ2v) is 6.37. The Kier molecular flexibility index (Phi) is 3.78. The molecule has 0 aliphatic carbocycles. The van der Waals surface area contributed by atoms with E-state index < -0.39 is 0 Å². The molecule has 1 aliphatic heterocycles. The van der Waals surface area contributed by atoms with Gasteiger partial charge in [-0.25, -0.2) is 9.67 Å². The van der Waals surface area contributed by atoms with Gasteiger partial charge in [-0.05, 0) is 35.2 Å². The van der Waals surface area contributed by atoms with Gasteiger partial charge in [0.05, 0.1) is 11.6 Å². The van der Waals surface area contributed by atoms with E-state index in [9.17, 15) is 0 Å². The van der Waals surface area contributed by atoms with Gasteiger partial charge in [-0.1, -0.05) is 11.6 Å². The molecule has 0 spiro atoms. The van der Waals surface area contributed by atoms with Crippen LogP contribution in [0, 0.1) is 0 Å². The van der Waals surface area contributed by atoms with Crippen molar-refractivity contribution in [3.05, 3.63) is 23.2 Å². The Labute approximate surface area is 140 Å². The van der Waals surface area contributed by atoms with Crippen molar-refractivity contribution in [3.8, 4) is 11.1 Å². The van der Waals surface area contributed by atoms with E-state index >= 15 is 0 Å². The number of rotatable bonds is 2. The van der Waals surface area contributed by atoms with Gasteiger partial charge in [0.25, 0.3) is 0 Å². The molecule has 0 bridgehead atoms. The quantitative estimate of drug-likeness (QED) is 0.686. The van der Waals surface area contributed by atoms with Crippen LogP contribution >= 0.6 is 15.9 Å². The molecule has 2 N–H and O–H groups in total. The lowest BCUT2D eigenvalue weighted by Crippen LogP contribution is -2.12. The van der Waals surface area contributed by atoms with Crippen LogP contribution in [0.4, 0.5) is 5.82 Å². The Balaban J connectivity index is 1.73. The van der Waals surface area contributed by atoms with Crippen LogP contribution in [0.25, 0.3) is 22.1 Å². The van der Waals surface area contributed by atoms with Crippen molar-refractivity contribution in [2.45, 2.75) is 31.9 Å². The summed E-state index contributed by atoms with van der Waals surface area (Å²) in [5.74, 6) is 0.320. The molecule has 4 rings (SSSR count). The number of fused-ring (bicyclic) bond motifs is 1. The first-order valence-electron chi connectivity index (χ1n) is 7.59. The fraction of sp³-hybridized carbons (Fsp3) is 0.400. The average Bonchev–Trinajstić information content (AvgIpc) is 3.09. The number of pyridine rings is 1. The molecular weight excluding hydrogens is 362 g/mol. The standard InChI is InChI=1S/C15H16BrN5O2/c16-14-12-13(23-20-15(12)17)10(7-18-14)9-6-19-21(8-9)11-4-2-1-3-5-22-11/h6-8,11H,1-5H2,(H2,17,20). The van der Waals surface area contributed by atoms with Gasteiger partial charge >= 0.3 is 0 Å². The van der Waals surface area contributed by atoms with Gasteiger partial charge in [-0.15, -0.1) is 0 Å². The fourth-order valence-corrected chi connectivity index (χ4v) is 3.36. The van der Waals surface area contributed by atoms with Crippen molar-refractivity contribution in [1.82, 2.24) is 19.9 Å². The number of anilines is 1. The van der Waals surface area contributed by atoms with Crippen LogP contribution in [0.3, 0.4) is 0 Å². The summed E-state index contributed by atoms with van der Waals surface area (Å²) in [6.45, 7) is 0.780. The minimum atomic E-state index is -0.00931. The molecule has 1 unspecified atom stereocenters. The number of halogens is 1. The Hall–Kier alpha value is -1.93. The summed E-state index contributed by atoms with van der Waals surface area (Å²) in [5.41, 5.74) is 8.16. The van der Waals surface area contributed by atoms with E-state index in [1.807, 2.05) is 10.9 Å². The first-order valence-corrected chi connectivity index (χ1v) is 8.39. The molecule has 0 radical (unpaired) electrons. The van der Waals surface area contributed by atoms with E-state index in [1.165, 1.54) is 6.42 Å². The van der Waals surface area contributed by atoms with Gasteiger partial charge in [-0.2, -0.15) is 5.10 Å². The third-order valence-corrected chi connectivity index (χ3v) is 4.69. The number of hydrogen-bond acceptors (Lipinski definition) is 6. The molecule has 1 fully saturated rings. The molecule has 3 aromatic rings. The number of ether oxygens (including phenoxy) is 1. The fourth-order valence-electron chi connectivity index (χ4n) is 2.88. The van der Waals surface area contributed by atoms with Gasteiger partial charge in [0, 0.05) is 30.1 Å². The van der Waals surface area contributed by atoms with E-state index in [1.54, 1.807) is 12.4 Å². The van der Waals surface area contributed by atoms with Crippen LogP contribution in [-0.4, -0.2) is 26.5 Å². The highest BCUT2D eigenvalue weighted by Gasteiger charge is 2.19. The molecule has 0 saturated carbocycles. The number of nitrogens with zero attached hydrogens (tertiary/aromatic N) is 4. The second kappa shape index (κ2) is 5.93. The van der Waals surface area contributed by atoms with E-state index in [2.05, 4.69) is 31.2 Å². The highest BCUT2D eigenvalue weighted by molar-refractivity contribution is 9.10. The molecule has 7 nitrogen and oxygen atoms in total. The SMILES string of the molecule is Nc1noc2c(-c3cnn(C4CCCCCO4)c3)cnc(Br)c12. The Morgan fingerprint density at radius 2 is 2.17 bits per heavy atom. The lowest BCUT2D eigenvalue weighted by Gasteiger charge is -2.14. The summed E-state index contributed by atoms with van der Waals surface area (Å²) in [5, 5.41) is 8.97. The van der Waals surface area contributed by atoms with Crippen LogP contribution < -0.4 is 5.73 Å². The topological polar surface area (TPSA) is 92.0 Å². The molecular formula is C15H16BrN5O2. The van der Waals surface area contributed by atoms with Crippen molar-refractivity contribution in [2.24, 2.45) is 0 Å². The zero-order valence-electron chi connectivity index (χ0n) is 12.4. The number of nitrogens with two attached hydrogens (primary N) is 1. The van der Waals surface area contributed by atoms with Crippen LogP contribution in [0.1, 0.15) is 31.9 Å². The Morgan fingerprint density at radius 1 is 1.26 bits per heavy atom. The maximum Gasteiger partial charge on any atom is 0.181 e. The predicted molar refractivity (Wildman–Crippen MR) is 88.6 cm³/mol. The molecule has 1 atom stereocenters. The molecule has 8 heteroatoms. The minimum absolute atomic E-state index is 0.00931. The molecule has 3 aromatic heterocycles. The highest BCUT2D eigenvalue weighted by Crippen LogP contribution is 2.35. The van der Waals surface area contributed by atoms with E-state index in [-0.39, 0.29) is 6.23 Å². The highest BCUT2D eigenvalue weighted by atomic mass is 79.9. The zero-order chi connectivity index (χ0) is 15.8. The summed E-state index contributed by atoms with van der Waals surface area (Å²) in [6, 6.07) is 0. The van der Waals surface area contributed by atoms with Crippen LogP contribution in [0.15, 0.2) is 27.7 Å². The van der Waals surface area contributed by atoms with Gasteiger partial charge in [0.15, 0.2) is 11.4 Å². The van der Waals surface area contributed by atoms with E-state index in [4.69, 9.17) is 15.0 Å². The first kappa shape index (κ1) is 14.6. The molecule has 0 amide bonds. The van der Waals surface area contributed by atoms with E-state index in [0.717, 1.165) is 37.0 Å². The summed E-state index contributed by atoms with van der Waals surface area (Å²) >= 11 is 3.38. The Morgan fingerprint density at radius 3 is 3.09 bits per heavy atom. The average molecular weight is 378 g/mol. The van der Waals surface area contributed by atoms with Gasteiger partial charge in [-0.3, -0.25) is 0 Å². The maximum atomic E-state index is 5.87. The monoisotopic (exact) mass is 377 g/mol. The summed E-state index contributed by atoms with van der Waals surface area (Å²) in [6.07, 6.45) is 9.92. The van der Waals surface area contributed by atoms with Crippen LogP contribution in [-0.2, 0) is 4.74 Å². The summed E-state index contributed by atoms with van der Waals surface area (Å²) in [7, 11) is 0.